The summed E-state index contributed by atoms with van der Waals surface area (Å²) in [4.78, 5) is 28.4. The molecule has 0 N–H and O–H groups in total. The van der Waals surface area contributed by atoms with Crippen LogP contribution in [0.4, 0.5) is 5.69 Å². The smallest absolute Gasteiger partial charge is 0.338 e. The molecule has 0 amide bonds. The third-order valence-electron chi connectivity index (χ3n) is 4.86. The number of aryl methyl sites for hydroxylation is 1. The molecule has 0 aliphatic rings. The highest BCUT2D eigenvalue weighted by molar-refractivity contribution is 7.12. The second-order valence-electron chi connectivity index (χ2n) is 6.77. The van der Waals surface area contributed by atoms with Crippen LogP contribution < -0.4 is 0 Å². The summed E-state index contributed by atoms with van der Waals surface area (Å²) in [5.74, 6) is 0.362. The number of aromatic nitrogens is 2. The lowest BCUT2D eigenvalue weighted by atomic mass is 10.1. The molecule has 0 fully saturated rings. The van der Waals surface area contributed by atoms with E-state index in [2.05, 4.69) is 18.5 Å². The van der Waals surface area contributed by atoms with Crippen LogP contribution in [0.25, 0.3) is 16.8 Å². The first-order valence-electron chi connectivity index (χ1n) is 9.60. The maximum Gasteiger partial charge on any atom is 0.338 e. The predicted molar refractivity (Wildman–Crippen MR) is 117 cm³/mol. The number of ether oxygens (including phenoxy) is 1. The van der Waals surface area contributed by atoms with Crippen LogP contribution in [-0.2, 0) is 22.5 Å². The fourth-order valence-electron chi connectivity index (χ4n) is 3.29. The highest BCUT2D eigenvalue weighted by Gasteiger charge is 2.22. The number of nitro groups is 1. The van der Waals surface area contributed by atoms with Crippen LogP contribution in [-0.4, -0.2) is 27.6 Å². The van der Waals surface area contributed by atoms with Crippen molar-refractivity contribution in [3.05, 3.63) is 74.9 Å². The van der Waals surface area contributed by atoms with Gasteiger partial charge >= 0.3 is 5.97 Å². The predicted octanol–water partition coefficient (Wildman–Crippen LogP) is 5.10. The molecule has 156 valence electrons. The lowest BCUT2D eigenvalue weighted by Crippen LogP contribution is -2.09. The van der Waals surface area contributed by atoms with Crippen molar-refractivity contribution in [2.75, 3.05) is 7.11 Å². The van der Waals surface area contributed by atoms with E-state index in [-0.39, 0.29) is 16.2 Å². The monoisotopic (exact) mass is 425 g/mol. The van der Waals surface area contributed by atoms with Gasteiger partial charge in [0.25, 0.3) is 5.69 Å². The number of nitro benzene ring substituents is 1. The molecule has 0 atom stereocenters. The van der Waals surface area contributed by atoms with Gasteiger partial charge in [-0.05, 0) is 17.9 Å². The molecule has 0 aliphatic heterocycles. The summed E-state index contributed by atoms with van der Waals surface area (Å²) < 4.78 is 6.82. The highest BCUT2D eigenvalue weighted by Crippen LogP contribution is 2.35. The summed E-state index contributed by atoms with van der Waals surface area (Å²) in [6, 6.07) is 8.62. The van der Waals surface area contributed by atoms with Crippen molar-refractivity contribution in [2.45, 2.75) is 32.7 Å². The van der Waals surface area contributed by atoms with Gasteiger partial charge in [0, 0.05) is 23.6 Å². The third-order valence-corrected chi connectivity index (χ3v) is 5.83. The summed E-state index contributed by atoms with van der Waals surface area (Å²) in [5.41, 5.74) is 2.55. The summed E-state index contributed by atoms with van der Waals surface area (Å²) in [6.45, 7) is 6.29. The van der Waals surface area contributed by atoms with Gasteiger partial charge in [0.2, 0.25) is 0 Å². The van der Waals surface area contributed by atoms with Gasteiger partial charge in [0.05, 0.1) is 40.9 Å². The fourth-order valence-corrected chi connectivity index (χ4v) is 4.16. The summed E-state index contributed by atoms with van der Waals surface area (Å²) in [6.07, 6.45) is 4.49. The zero-order valence-electron chi connectivity index (χ0n) is 17.0. The van der Waals surface area contributed by atoms with Gasteiger partial charge in [-0.1, -0.05) is 38.1 Å². The van der Waals surface area contributed by atoms with Crippen molar-refractivity contribution < 1.29 is 14.5 Å². The molecule has 0 spiro atoms. The maximum absolute atomic E-state index is 12.0. The first kappa shape index (κ1) is 21.4. The number of hydrogen-bond donors (Lipinski definition) is 0. The fraction of sp³-hybridized carbons (Fsp3) is 0.273. The number of thiophene rings is 1. The van der Waals surface area contributed by atoms with Gasteiger partial charge < -0.3 is 9.30 Å². The average molecular weight is 426 g/mol. The molecule has 0 bridgehead atoms. The Bertz CT molecular complexity index is 1080. The van der Waals surface area contributed by atoms with Crippen LogP contribution in [0.5, 0.6) is 0 Å². The number of carbonyl (C=O) groups excluding carboxylic acids is 1. The van der Waals surface area contributed by atoms with Gasteiger partial charge in [-0.25, -0.2) is 9.78 Å². The van der Waals surface area contributed by atoms with Crippen molar-refractivity contribution in [2.24, 2.45) is 0 Å². The van der Waals surface area contributed by atoms with E-state index < -0.39 is 5.97 Å². The number of methoxy groups -OCH3 is 1. The summed E-state index contributed by atoms with van der Waals surface area (Å²) in [5, 5.41) is 13.4. The molecule has 7 nitrogen and oxygen atoms in total. The summed E-state index contributed by atoms with van der Waals surface area (Å²) >= 11 is 1.40. The van der Waals surface area contributed by atoms with Gasteiger partial charge in [0.1, 0.15) is 5.82 Å². The highest BCUT2D eigenvalue weighted by atomic mass is 32.1. The van der Waals surface area contributed by atoms with E-state index in [4.69, 9.17) is 4.74 Å². The van der Waals surface area contributed by atoms with Gasteiger partial charge in [-0.2, -0.15) is 0 Å². The molecular formula is C22H23N3O4S. The normalized spacial score (nSPS) is 10.7. The molecule has 30 heavy (non-hydrogen) atoms. The molecule has 1 aromatic carbocycles. The van der Waals surface area contributed by atoms with E-state index in [1.54, 1.807) is 24.4 Å². The number of benzene rings is 1. The molecule has 0 unspecified atom stereocenters. The number of unbranched alkanes of at least 4 members (excludes halogenated alkanes) is 1. The van der Waals surface area contributed by atoms with E-state index >= 15 is 0 Å². The molecule has 0 saturated carbocycles. The topological polar surface area (TPSA) is 87.3 Å². The Kier molecular flexibility index (Phi) is 6.79. The first-order chi connectivity index (χ1) is 14.5. The molecule has 0 radical (unpaired) electrons. The molecule has 3 aromatic rings. The second-order valence-corrected chi connectivity index (χ2v) is 7.68. The Labute approximate surface area is 178 Å². The number of carbonyl (C=O) groups is 1. The van der Waals surface area contributed by atoms with Crippen molar-refractivity contribution >= 4 is 28.6 Å². The number of imidazole rings is 1. The van der Waals surface area contributed by atoms with Crippen molar-refractivity contribution in [1.82, 2.24) is 9.55 Å². The number of para-hydroxylation sites is 1. The van der Waals surface area contributed by atoms with E-state index in [0.29, 0.717) is 17.0 Å². The minimum Gasteiger partial charge on any atom is -0.465 e. The lowest BCUT2D eigenvalue weighted by molar-refractivity contribution is -0.385. The van der Waals surface area contributed by atoms with Crippen LogP contribution in [0.1, 0.15) is 36.0 Å². The minimum absolute atomic E-state index is 0.0723. The largest absolute Gasteiger partial charge is 0.465 e. The van der Waals surface area contributed by atoms with Gasteiger partial charge in [0.15, 0.2) is 0 Å². The van der Waals surface area contributed by atoms with Crippen LogP contribution in [0.2, 0.25) is 0 Å². The van der Waals surface area contributed by atoms with Gasteiger partial charge in [-0.3, -0.25) is 10.1 Å². The van der Waals surface area contributed by atoms with Crippen LogP contribution >= 0.6 is 11.3 Å². The Morgan fingerprint density at radius 1 is 1.33 bits per heavy atom. The Morgan fingerprint density at radius 2 is 2.10 bits per heavy atom. The van der Waals surface area contributed by atoms with E-state index in [0.717, 1.165) is 36.3 Å². The maximum atomic E-state index is 12.0. The quantitative estimate of drug-likeness (QED) is 0.206. The number of hydrogen-bond acceptors (Lipinski definition) is 6. The zero-order chi connectivity index (χ0) is 21.7. The van der Waals surface area contributed by atoms with E-state index in [1.165, 1.54) is 24.5 Å². The molecule has 8 heteroatoms. The lowest BCUT2D eigenvalue weighted by Gasteiger charge is -2.13. The Morgan fingerprint density at radius 3 is 2.80 bits per heavy atom. The number of rotatable bonds is 9. The standard InChI is InChI=1S/C22H23N3O4S/c1-4-5-10-20-23-13-19(17-11-12-30-21(17)15(2)22(26)29-3)24(20)14-16-8-6-7-9-18(16)25(27)28/h6-9,11-13H,2,4-5,10,14H2,1,3H3. The van der Waals surface area contributed by atoms with Crippen molar-refractivity contribution in [3.8, 4) is 11.3 Å². The Balaban J connectivity index is 2.10. The van der Waals surface area contributed by atoms with Gasteiger partial charge in [-0.15, -0.1) is 11.3 Å². The van der Waals surface area contributed by atoms with Crippen molar-refractivity contribution in [1.29, 1.82) is 0 Å². The van der Waals surface area contributed by atoms with E-state index in [1.807, 2.05) is 16.0 Å². The SMILES string of the molecule is C=C(C(=O)OC)c1sccc1-c1cnc(CCCC)n1Cc1ccccc1[N+](=O)[O-]. The summed E-state index contributed by atoms with van der Waals surface area (Å²) in [7, 11) is 1.32. The minimum atomic E-state index is -0.491. The van der Waals surface area contributed by atoms with Crippen LogP contribution in [0.3, 0.4) is 0 Å². The average Bonchev–Trinajstić information content (AvgIpc) is 3.38. The molecule has 2 aromatic heterocycles. The molecule has 3 rings (SSSR count). The first-order valence-corrected chi connectivity index (χ1v) is 10.5. The van der Waals surface area contributed by atoms with Crippen molar-refractivity contribution in [3.63, 3.8) is 0 Å². The number of esters is 1. The second kappa shape index (κ2) is 9.49. The molecular weight excluding hydrogens is 402 g/mol. The van der Waals surface area contributed by atoms with Crippen LogP contribution in [0.15, 0.2) is 48.5 Å². The van der Waals surface area contributed by atoms with Crippen LogP contribution in [0, 0.1) is 10.1 Å². The van der Waals surface area contributed by atoms with E-state index in [9.17, 15) is 14.9 Å². The molecule has 0 saturated heterocycles. The molecule has 0 aliphatic carbocycles. The zero-order valence-corrected chi connectivity index (χ0v) is 17.8. The third kappa shape index (κ3) is 4.33. The number of nitrogens with zero attached hydrogens (tertiary/aromatic N) is 3. The molecule has 2 heterocycles. The Hall–Kier alpha value is -3.26.